The maximum Gasteiger partial charge on any atom is 0.323 e. The van der Waals surface area contributed by atoms with Crippen molar-refractivity contribution < 1.29 is 14.3 Å². The molecule has 0 N–H and O–H groups in total. The van der Waals surface area contributed by atoms with Crippen molar-refractivity contribution in [1.29, 1.82) is 0 Å². The van der Waals surface area contributed by atoms with Crippen LogP contribution in [0.1, 0.15) is 32.1 Å². The number of ketones is 1. The lowest BCUT2D eigenvalue weighted by Gasteiger charge is -2.33. The van der Waals surface area contributed by atoms with Crippen molar-refractivity contribution >= 4 is 11.8 Å². The van der Waals surface area contributed by atoms with Gasteiger partial charge in [0.15, 0.2) is 0 Å². The fraction of sp³-hybridized carbons (Fsp3) is 0.818. The van der Waals surface area contributed by atoms with Crippen LogP contribution in [0.15, 0.2) is 0 Å². The third-order valence-corrected chi connectivity index (χ3v) is 3.49. The van der Waals surface area contributed by atoms with Crippen LogP contribution in [0.4, 0.5) is 0 Å². The molecule has 1 saturated carbocycles. The molecule has 4 nitrogen and oxygen atoms in total. The lowest BCUT2D eigenvalue weighted by Crippen LogP contribution is -2.44. The lowest BCUT2D eigenvalue weighted by molar-refractivity contribution is -0.142. The Kier molecular flexibility index (Phi) is 3.05. The summed E-state index contributed by atoms with van der Waals surface area (Å²) in [6.07, 6.45) is 3.89. The van der Waals surface area contributed by atoms with Gasteiger partial charge in [-0.25, -0.2) is 0 Å². The summed E-state index contributed by atoms with van der Waals surface area (Å²) >= 11 is 0. The third kappa shape index (κ3) is 2.20. The molecule has 0 spiro atoms. The van der Waals surface area contributed by atoms with Gasteiger partial charge in [0.1, 0.15) is 11.8 Å². The molecule has 1 unspecified atom stereocenters. The summed E-state index contributed by atoms with van der Waals surface area (Å²) in [5.41, 5.74) is 0. The monoisotopic (exact) mass is 211 g/mol. The molecule has 0 aromatic heterocycles. The minimum Gasteiger partial charge on any atom is -0.464 e. The summed E-state index contributed by atoms with van der Waals surface area (Å²) in [7, 11) is 1.97. The van der Waals surface area contributed by atoms with Gasteiger partial charge in [0.25, 0.3) is 0 Å². The normalized spacial score (nSPS) is 28.5. The van der Waals surface area contributed by atoms with E-state index >= 15 is 0 Å². The number of carbonyl (C=O) groups excluding carboxylic acids is 2. The van der Waals surface area contributed by atoms with Crippen LogP contribution in [0.5, 0.6) is 0 Å². The quantitative estimate of drug-likeness (QED) is 0.632. The highest BCUT2D eigenvalue weighted by Gasteiger charge is 2.34. The van der Waals surface area contributed by atoms with Crippen LogP contribution in [-0.4, -0.2) is 42.4 Å². The zero-order valence-electron chi connectivity index (χ0n) is 9.07. The van der Waals surface area contributed by atoms with Gasteiger partial charge in [-0.15, -0.1) is 0 Å². The number of hydrogen-bond donors (Lipinski definition) is 0. The molecule has 1 saturated heterocycles. The van der Waals surface area contributed by atoms with Crippen LogP contribution in [0, 0.1) is 0 Å². The molecule has 1 heterocycles. The first-order valence-electron chi connectivity index (χ1n) is 5.59. The summed E-state index contributed by atoms with van der Waals surface area (Å²) in [5.74, 6) is 0.253. The number of hydrogen-bond acceptors (Lipinski definition) is 4. The van der Waals surface area contributed by atoms with Crippen molar-refractivity contribution in [2.45, 2.75) is 44.2 Å². The van der Waals surface area contributed by atoms with E-state index in [-0.39, 0.29) is 12.0 Å². The fourth-order valence-corrected chi connectivity index (χ4v) is 2.44. The van der Waals surface area contributed by atoms with E-state index in [0.717, 1.165) is 19.3 Å². The standard InChI is InChI=1S/C11H17NO3/c1-12(10-6-7-15-11(10)14)8-2-4-9(13)5-3-8/h8,10H,2-7H2,1H3. The maximum atomic E-state index is 11.4. The van der Waals surface area contributed by atoms with E-state index in [4.69, 9.17) is 4.74 Å². The van der Waals surface area contributed by atoms with Gasteiger partial charge in [-0.2, -0.15) is 0 Å². The fourth-order valence-electron chi connectivity index (χ4n) is 2.44. The largest absolute Gasteiger partial charge is 0.464 e. The SMILES string of the molecule is CN(C1CCC(=O)CC1)C1CCOC1=O. The molecule has 2 fully saturated rings. The Bertz CT molecular complexity index is 267. The summed E-state index contributed by atoms with van der Waals surface area (Å²) in [6, 6.07) is 0.293. The zero-order chi connectivity index (χ0) is 10.8. The van der Waals surface area contributed by atoms with Gasteiger partial charge in [-0.3, -0.25) is 14.5 Å². The minimum absolute atomic E-state index is 0.0804. The Hall–Kier alpha value is -0.900. The van der Waals surface area contributed by atoms with Crippen molar-refractivity contribution in [2.75, 3.05) is 13.7 Å². The topological polar surface area (TPSA) is 46.6 Å². The summed E-state index contributed by atoms with van der Waals surface area (Å²) < 4.78 is 4.95. The van der Waals surface area contributed by atoms with Gasteiger partial charge in [-0.05, 0) is 19.9 Å². The molecule has 0 aromatic rings. The van der Waals surface area contributed by atoms with E-state index in [9.17, 15) is 9.59 Å². The molecule has 1 aliphatic heterocycles. The molecular weight excluding hydrogens is 194 g/mol. The van der Waals surface area contributed by atoms with E-state index in [0.29, 0.717) is 31.3 Å². The Labute approximate surface area is 89.6 Å². The first kappa shape index (κ1) is 10.6. The lowest BCUT2D eigenvalue weighted by atomic mass is 9.92. The average Bonchev–Trinajstić information content (AvgIpc) is 2.65. The first-order valence-corrected chi connectivity index (χ1v) is 5.59. The summed E-state index contributed by atoms with van der Waals surface area (Å²) in [4.78, 5) is 24.6. The molecule has 0 radical (unpaired) electrons. The number of Topliss-reactive ketones (excluding diaryl/α,β-unsaturated/α-hetero) is 1. The molecule has 0 amide bonds. The van der Waals surface area contributed by atoms with E-state index in [1.165, 1.54) is 0 Å². The van der Waals surface area contributed by atoms with Gasteiger partial charge in [0.2, 0.25) is 0 Å². The van der Waals surface area contributed by atoms with Gasteiger partial charge >= 0.3 is 5.97 Å². The smallest absolute Gasteiger partial charge is 0.323 e. The molecular formula is C11H17NO3. The second-order valence-electron chi connectivity index (χ2n) is 4.41. The van der Waals surface area contributed by atoms with Crippen LogP contribution in [-0.2, 0) is 14.3 Å². The third-order valence-electron chi connectivity index (χ3n) is 3.49. The number of esters is 1. The Morgan fingerprint density at radius 2 is 1.87 bits per heavy atom. The van der Waals surface area contributed by atoms with Crippen molar-refractivity contribution in [3.63, 3.8) is 0 Å². The van der Waals surface area contributed by atoms with Crippen molar-refractivity contribution in [1.82, 2.24) is 4.90 Å². The highest BCUT2D eigenvalue weighted by molar-refractivity contribution is 5.79. The molecule has 0 aromatic carbocycles. The number of likely N-dealkylation sites (N-methyl/N-ethyl adjacent to an activating group) is 1. The van der Waals surface area contributed by atoms with Gasteiger partial charge < -0.3 is 4.74 Å². The van der Waals surface area contributed by atoms with Crippen molar-refractivity contribution in [3.8, 4) is 0 Å². The second kappa shape index (κ2) is 4.31. The van der Waals surface area contributed by atoms with Crippen molar-refractivity contribution in [3.05, 3.63) is 0 Å². The van der Waals surface area contributed by atoms with Crippen LogP contribution in [0.2, 0.25) is 0 Å². The van der Waals surface area contributed by atoms with Crippen LogP contribution >= 0.6 is 0 Å². The van der Waals surface area contributed by atoms with E-state index in [2.05, 4.69) is 4.90 Å². The van der Waals surface area contributed by atoms with Crippen LogP contribution in [0.25, 0.3) is 0 Å². The molecule has 1 aliphatic carbocycles. The average molecular weight is 211 g/mol. The molecule has 84 valence electrons. The number of ether oxygens (including phenoxy) is 1. The van der Waals surface area contributed by atoms with Gasteiger partial charge in [0.05, 0.1) is 6.61 Å². The van der Waals surface area contributed by atoms with Crippen LogP contribution < -0.4 is 0 Å². The van der Waals surface area contributed by atoms with E-state index in [1.807, 2.05) is 7.05 Å². The maximum absolute atomic E-state index is 11.4. The number of nitrogens with zero attached hydrogens (tertiary/aromatic N) is 1. The van der Waals surface area contributed by atoms with Gasteiger partial charge in [0, 0.05) is 25.3 Å². The van der Waals surface area contributed by atoms with E-state index in [1.54, 1.807) is 0 Å². The molecule has 15 heavy (non-hydrogen) atoms. The zero-order valence-corrected chi connectivity index (χ0v) is 9.07. The van der Waals surface area contributed by atoms with Crippen molar-refractivity contribution in [2.24, 2.45) is 0 Å². The van der Waals surface area contributed by atoms with Gasteiger partial charge in [-0.1, -0.05) is 0 Å². The first-order chi connectivity index (χ1) is 7.18. The number of rotatable bonds is 2. The van der Waals surface area contributed by atoms with E-state index < -0.39 is 0 Å². The Morgan fingerprint density at radius 1 is 1.20 bits per heavy atom. The minimum atomic E-state index is -0.102. The Balaban J connectivity index is 1.92. The molecule has 0 bridgehead atoms. The molecule has 2 rings (SSSR count). The summed E-state index contributed by atoms with van der Waals surface area (Å²) in [5, 5.41) is 0. The second-order valence-corrected chi connectivity index (χ2v) is 4.41. The predicted octanol–water partition coefficient (Wildman–Crippen LogP) is 0.745. The number of cyclic esters (lactones) is 1. The molecule has 2 aliphatic rings. The predicted molar refractivity (Wildman–Crippen MR) is 54.4 cm³/mol. The highest BCUT2D eigenvalue weighted by atomic mass is 16.5. The molecule has 1 atom stereocenters. The summed E-state index contributed by atoms with van der Waals surface area (Å²) in [6.45, 7) is 0.541. The van der Waals surface area contributed by atoms with Crippen LogP contribution in [0.3, 0.4) is 0 Å². The molecule has 4 heteroatoms. The number of carbonyl (C=O) groups is 2. The highest BCUT2D eigenvalue weighted by Crippen LogP contribution is 2.24. The Morgan fingerprint density at radius 3 is 2.40 bits per heavy atom.